The van der Waals surface area contributed by atoms with Gasteiger partial charge in [-0.2, -0.15) is 5.26 Å². The lowest BCUT2D eigenvalue weighted by atomic mass is 10.1. The second-order valence-corrected chi connectivity index (χ2v) is 4.19. The van der Waals surface area contributed by atoms with Crippen molar-refractivity contribution in [2.24, 2.45) is 0 Å². The number of aliphatic hydroxyl groups is 1. The Morgan fingerprint density at radius 3 is 2.68 bits per heavy atom. The SMILES string of the molecule is C[C@@H](O)c1ccc(OCc2ccnc(C#N)c2)cc1. The summed E-state index contributed by atoms with van der Waals surface area (Å²) in [5, 5.41) is 18.2. The van der Waals surface area contributed by atoms with E-state index >= 15 is 0 Å². The van der Waals surface area contributed by atoms with Crippen molar-refractivity contribution in [1.82, 2.24) is 4.98 Å². The molecule has 0 aliphatic carbocycles. The summed E-state index contributed by atoms with van der Waals surface area (Å²) >= 11 is 0. The fraction of sp³-hybridized carbons (Fsp3) is 0.200. The van der Waals surface area contributed by atoms with Crippen LogP contribution in [0.25, 0.3) is 0 Å². The summed E-state index contributed by atoms with van der Waals surface area (Å²) in [7, 11) is 0. The minimum absolute atomic E-state index is 0.380. The molecular weight excluding hydrogens is 240 g/mol. The van der Waals surface area contributed by atoms with E-state index in [2.05, 4.69) is 4.98 Å². The summed E-state index contributed by atoms with van der Waals surface area (Å²) in [5.74, 6) is 0.722. The third kappa shape index (κ3) is 3.54. The summed E-state index contributed by atoms with van der Waals surface area (Å²) in [6.45, 7) is 2.10. The Morgan fingerprint density at radius 2 is 2.05 bits per heavy atom. The maximum absolute atomic E-state index is 9.40. The number of pyridine rings is 1. The zero-order valence-corrected chi connectivity index (χ0v) is 10.6. The topological polar surface area (TPSA) is 66.1 Å². The van der Waals surface area contributed by atoms with E-state index in [1.165, 1.54) is 0 Å². The molecule has 1 aromatic heterocycles. The largest absolute Gasteiger partial charge is 0.489 e. The van der Waals surface area contributed by atoms with Crippen LogP contribution in [0, 0.1) is 11.3 Å². The molecule has 19 heavy (non-hydrogen) atoms. The van der Waals surface area contributed by atoms with Gasteiger partial charge in [0.05, 0.1) is 6.10 Å². The molecule has 2 aromatic rings. The Balaban J connectivity index is 2.00. The second kappa shape index (κ2) is 5.98. The molecule has 2 rings (SSSR count). The Morgan fingerprint density at radius 1 is 1.32 bits per heavy atom. The fourth-order valence-corrected chi connectivity index (χ4v) is 1.63. The molecule has 0 bridgehead atoms. The van der Waals surface area contributed by atoms with Crippen LogP contribution < -0.4 is 4.74 Å². The lowest BCUT2D eigenvalue weighted by molar-refractivity contribution is 0.199. The number of hydrogen-bond acceptors (Lipinski definition) is 4. The Bertz CT molecular complexity index is 586. The summed E-state index contributed by atoms with van der Waals surface area (Å²) in [6.07, 6.45) is 1.11. The highest BCUT2D eigenvalue weighted by Gasteiger charge is 2.02. The van der Waals surface area contributed by atoms with Crippen LogP contribution in [0.3, 0.4) is 0 Å². The predicted molar refractivity (Wildman–Crippen MR) is 70.4 cm³/mol. The average molecular weight is 254 g/mol. The van der Waals surface area contributed by atoms with Crippen LogP contribution >= 0.6 is 0 Å². The standard InChI is InChI=1S/C15H14N2O2/c1-11(18)13-2-4-15(5-3-13)19-10-12-6-7-17-14(8-12)9-16/h2-8,11,18H,10H2,1H3/t11-/m1/s1. The van der Waals surface area contributed by atoms with Gasteiger partial charge < -0.3 is 9.84 Å². The van der Waals surface area contributed by atoms with Crippen LogP contribution in [-0.4, -0.2) is 10.1 Å². The molecule has 1 aromatic carbocycles. The molecule has 96 valence electrons. The number of aliphatic hydroxyl groups excluding tert-OH is 1. The van der Waals surface area contributed by atoms with E-state index in [0.717, 1.165) is 16.9 Å². The highest BCUT2D eigenvalue weighted by molar-refractivity contribution is 5.29. The van der Waals surface area contributed by atoms with Crippen molar-refractivity contribution in [3.05, 3.63) is 59.4 Å². The van der Waals surface area contributed by atoms with E-state index in [1.54, 1.807) is 19.2 Å². The van der Waals surface area contributed by atoms with E-state index in [9.17, 15) is 5.11 Å². The smallest absolute Gasteiger partial charge is 0.140 e. The monoisotopic (exact) mass is 254 g/mol. The molecule has 0 amide bonds. The quantitative estimate of drug-likeness (QED) is 0.910. The van der Waals surface area contributed by atoms with Crippen LogP contribution in [0.1, 0.15) is 29.8 Å². The van der Waals surface area contributed by atoms with Crippen LogP contribution in [0.2, 0.25) is 0 Å². The Labute approximate surface area is 111 Å². The minimum Gasteiger partial charge on any atom is -0.489 e. The highest BCUT2D eigenvalue weighted by atomic mass is 16.5. The van der Waals surface area contributed by atoms with Gasteiger partial charge in [-0.15, -0.1) is 0 Å². The summed E-state index contributed by atoms with van der Waals surface area (Å²) in [4.78, 5) is 3.90. The van der Waals surface area contributed by atoms with Gasteiger partial charge in [0.25, 0.3) is 0 Å². The average Bonchev–Trinajstić information content (AvgIpc) is 2.46. The predicted octanol–water partition coefficient (Wildman–Crippen LogP) is 2.59. The third-order valence-electron chi connectivity index (χ3n) is 2.71. The van der Waals surface area contributed by atoms with Gasteiger partial charge >= 0.3 is 0 Å². The molecule has 0 spiro atoms. The number of ether oxygens (including phenoxy) is 1. The summed E-state index contributed by atoms with van der Waals surface area (Å²) in [5.41, 5.74) is 2.12. The van der Waals surface area contributed by atoms with Gasteiger partial charge in [-0.1, -0.05) is 12.1 Å². The van der Waals surface area contributed by atoms with Gasteiger partial charge in [-0.05, 0) is 42.3 Å². The number of benzene rings is 1. The molecule has 0 aliphatic heterocycles. The van der Waals surface area contributed by atoms with Crippen LogP contribution in [0.4, 0.5) is 0 Å². The van der Waals surface area contributed by atoms with Crippen molar-refractivity contribution in [2.75, 3.05) is 0 Å². The molecule has 0 fully saturated rings. The molecule has 1 atom stereocenters. The van der Waals surface area contributed by atoms with Gasteiger partial charge in [-0.3, -0.25) is 0 Å². The molecule has 1 heterocycles. The van der Waals surface area contributed by atoms with Crippen molar-refractivity contribution in [3.63, 3.8) is 0 Å². The minimum atomic E-state index is -0.479. The molecule has 0 saturated carbocycles. The van der Waals surface area contributed by atoms with Crippen molar-refractivity contribution in [3.8, 4) is 11.8 Å². The lowest BCUT2D eigenvalue weighted by Gasteiger charge is -2.08. The van der Waals surface area contributed by atoms with E-state index in [0.29, 0.717) is 12.3 Å². The van der Waals surface area contributed by atoms with Crippen molar-refractivity contribution >= 4 is 0 Å². The van der Waals surface area contributed by atoms with Crippen LogP contribution in [-0.2, 0) is 6.61 Å². The zero-order valence-electron chi connectivity index (χ0n) is 10.6. The molecule has 4 heteroatoms. The van der Waals surface area contributed by atoms with Crippen molar-refractivity contribution in [1.29, 1.82) is 5.26 Å². The summed E-state index contributed by atoms with van der Waals surface area (Å²) in [6, 6.07) is 12.8. The maximum atomic E-state index is 9.40. The van der Waals surface area contributed by atoms with Gasteiger partial charge in [0.15, 0.2) is 0 Å². The first kappa shape index (κ1) is 13.1. The molecular formula is C15H14N2O2. The van der Waals surface area contributed by atoms with E-state index in [-0.39, 0.29) is 0 Å². The first-order valence-corrected chi connectivity index (χ1v) is 5.95. The highest BCUT2D eigenvalue weighted by Crippen LogP contribution is 2.18. The van der Waals surface area contributed by atoms with Gasteiger partial charge in [0.2, 0.25) is 0 Å². The maximum Gasteiger partial charge on any atom is 0.140 e. The van der Waals surface area contributed by atoms with E-state index in [4.69, 9.17) is 10.00 Å². The lowest BCUT2D eigenvalue weighted by Crippen LogP contribution is -1.97. The van der Waals surface area contributed by atoms with Gasteiger partial charge in [0.1, 0.15) is 24.1 Å². The zero-order chi connectivity index (χ0) is 13.7. The number of nitriles is 1. The Kier molecular flexibility index (Phi) is 4.11. The normalized spacial score (nSPS) is 11.6. The van der Waals surface area contributed by atoms with E-state index in [1.807, 2.05) is 36.4 Å². The number of aromatic nitrogens is 1. The number of rotatable bonds is 4. The molecule has 1 N–H and O–H groups in total. The van der Waals surface area contributed by atoms with Crippen molar-refractivity contribution in [2.45, 2.75) is 19.6 Å². The fourth-order valence-electron chi connectivity index (χ4n) is 1.63. The first-order chi connectivity index (χ1) is 9.19. The van der Waals surface area contributed by atoms with Crippen LogP contribution in [0.15, 0.2) is 42.6 Å². The van der Waals surface area contributed by atoms with E-state index < -0.39 is 6.10 Å². The first-order valence-electron chi connectivity index (χ1n) is 5.95. The molecule has 0 unspecified atom stereocenters. The Hall–Kier alpha value is -2.38. The second-order valence-electron chi connectivity index (χ2n) is 4.19. The summed E-state index contributed by atoms with van der Waals surface area (Å²) < 4.78 is 5.61. The number of hydrogen-bond donors (Lipinski definition) is 1. The van der Waals surface area contributed by atoms with Gasteiger partial charge in [-0.25, -0.2) is 4.98 Å². The molecule has 4 nitrogen and oxygen atoms in total. The third-order valence-corrected chi connectivity index (χ3v) is 2.71. The van der Waals surface area contributed by atoms with Crippen molar-refractivity contribution < 1.29 is 9.84 Å². The van der Waals surface area contributed by atoms with Gasteiger partial charge in [0, 0.05) is 6.20 Å². The molecule has 0 aliphatic rings. The molecule has 0 radical (unpaired) electrons. The number of nitrogens with zero attached hydrogens (tertiary/aromatic N) is 2. The van der Waals surface area contributed by atoms with Crippen LogP contribution in [0.5, 0.6) is 5.75 Å². The molecule has 0 saturated heterocycles.